The van der Waals surface area contributed by atoms with E-state index >= 15 is 0 Å². The molecule has 3 N–H and O–H groups in total. The zero-order valence-electron chi connectivity index (χ0n) is 19.4. The van der Waals surface area contributed by atoms with Gasteiger partial charge in [-0.15, -0.1) is 0 Å². The molecule has 2 aliphatic carbocycles. The minimum absolute atomic E-state index is 0.0246. The fourth-order valence-corrected chi connectivity index (χ4v) is 5.88. The SMILES string of the molecule is O=C(N[C@@H]1CCC[C@@H](C(=O)N2C[C@H](O)C[C@H]2C(=O)O)C1)OCC1c2ccccc2-c2ccccc21. The van der Waals surface area contributed by atoms with Crippen molar-refractivity contribution < 1.29 is 29.3 Å². The van der Waals surface area contributed by atoms with Gasteiger partial charge in [-0.2, -0.15) is 0 Å². The van der Waals surface area contributed by atoms with Crippen LogP contribution in [0.1, 0.15) is 49.1 Å². The first-order valence-electron chi connectivity index (χ1n) is 12.2. The van der Waals surface area contributed by atoms with Crippen LogP contribution >= 0.6 is 0 Å². The Bertz CT molecular complexity index is 1090. The summed E-state index contributed by atoms with van der Waals surface area (Å²) in [4.78, 5) is 38.5. The summed E-state index contributed by atoms with van der Waals surface area (Å²) in [5, 5.41) is 22.2. The number of aliphatic carboxylic acids is 1. The number of nitrogens with one attached hydrogen (secondary N) is 1. The van der Waals surface area contributed by atoms with E-state index in [0.29, 0.717) is 12.8 Å². The van der Waals surface area contributed by atoms with Gasteiger partial charge in [0.15, 0.2) is 0 Å². The van der Waals surface area contributed by atoms with E-state index in [1.807, 2.05) is 24.3 Å². The molecule has 4 atom stereocenters. The lowest BCUT2D eigenvalue weighted by Crippen LogP contribution is -2.47. The molecule has 35 heavy (non-hydrogen) atoms. The number of alkyl carbamates (subject to hydrolysis) is 1. The van der Waals surface area contributed by atoms with Crippen LogP contribution in [-0.4, -0.2) is 64.4 Å². The molecule has 1 aliphatic heterocycles. The van der Waals surface area contributed by atoms with Gasteiger partial charge in [0.2, 0.25) is 5.91 Å². The molecule has 8 heteroatoms. The monoisotopic (exact) mass is 478 g/mol. The van der Waals surface area contributed by atoms with E-state index < -0.39 is 24.2 Å². The molecule has 2 aromatic carbocycles. The number of hydrogen-bond donors (Lipinski definition) is 3. The summed E-state index contributed by atoms with van der Waals surface area (Å²) in [7, 11) is 0. The molecule has 2 aromatic rings. The number of rotatable bonds is 5. The van der Waals surface area contributed by atoms with E-state index in [0.717, 1.165) is 35.1 Å². The number of benzene rings is 2. The Morgan fingerprint density at radius 3 is 2.29 bits per heavy atom. The zero-order valence-corrected chi connectivity index (χ0v) is 19.4. The molecule has 184 valence electrons. The lowest BCUT2D eigenvalue weighted by atomic mass is 9.84. The topological polar surface area (TPSA) is 116 Å². The van der Waals surface area contributed by atoms with Crippen molar-refractivity contribution in [2.24, 2.45) is 5.92 Å². The van der Waals surface area contributed by atoms with Crippen LogP contribution in [0.2, 0.25) is 0 Å². The van der Waals surface area contributed by atoms with Gasteiger partial charge in [-0.05, 0) is 41.5 Å². The molecule has 5 rings (SSSR count). The van der Waals surface area contributed by atoms with Crippen molar-refractivity contribution in [1.82, 2.24) is 10.2 Å². The number of ether oxygens (including phenoxy) is 1. The number of aliphatic hydroxyl groups excluding tert-OH is 1. The molecule has 1 saturated carbocycles. The molecule has 8 nitrogen and oxygen atoms in total. The molecule has 0 aromatic heterocycles. The second-order valence-corrected chi connectivity index (χ2v) is 9.76. The third-order valence-corrected chi connectivity index (χ3v) is 7.54. The molecule has 0 bridgehead atoms. The summed E-state index contributed by atoms with van der Waals surface area (Å²) in [5.41, 5.74) is 4.62. The fraction of sp³-hybridized carbons (Fsp3) is 0.444. The van der Waals surface area contributed by atoms with Gasteiger partial charge in [-0.25, -0.2) is 9.59 Å². The Morgan fingerprint density at radius 2 is 1.63 bits per heavy atom. The first-order valence-corrected chi connectivity index (χ1v) is 12.2. The highest BCUT2D eigenvalue weighted by Gasteiger charge is 2.42. The molecular weight excluding hydrogens is 448 g/mol. The molecule has 2 amide bonds. The number of fused-ring (bicyclic) bond motifs is 3. The van der Waals surface area contributed by atoms with Crippen molar-refractivity contribution in [2.45, 2.75) is 56.2 Å². The van der Waals surface area contributed by atoms with Gasteiger partial charge >= 0.3 is 12.1 Å². The quantitative estimate of drug-likeness (QED) is 0.608. The molecule has 0 unspecified atom stereocenters. The number of carbonyl (C=O) groups excluding carboxylic acids is 2. The minimum atomic E-state index is -1.10. The van der Waals surface area contributed by atoms with Crippen molar-refractivity contribution in [3.8, 4) is 11.1 Å². The van der Waals surface area contributed by atoms with Crippen molar-refractivity contribution in [3.05, 3.63) is 59.7 Å². The van der Waals surface area contributed by atoms with Gasteiger partial charge in [0.1, 0.15) is 12.6 Å². The molecule has 2 fully saturated rings. The number of β-amino-alcohol motifs (C(OH)–C–C–N with tert-alkyl or cyclic N) is 1. The molecule has 0 radical (unpaired) electrons. The number of carboxylic acids is 1. The van der Waals surface area contributed by atoms with Crippen molar-refractivity contribution >= 4 is 18.0 Å². The third-order valence-electron chi connectivity index (χ3n) is 7.54. The van der Waals surface area contributed by atoms with E-state index in [9.17, 15) is 24.6 Å². The molecular formula is C27H30N2O6. The summed E-state index contributed by atoms with van der Waals surface area (Å²) in [5.74, 6) is -1.76. The summed E-state index contributed by atoms with van der Waals surface area (Å²) < 4.78 is 5.64. The van der Waals surface area contributed by atoms with Gasteiger partial charge in [0.05, 0.1) is 6.10 Å². The average Bonchev–Trinajstić information content (AvgIpc) is 3.41. The van der Waals surface area contributed by atoms with Crippen LogP contribution in [0.25, 0.3) is 11.1 Å². The van der Waals surface area contributed by atoms with Crippen LogP contribution < -0.4 is 5.32 Å². The molecule has 1 heterocycles. The van der Waals surface area contributed by atoms with Gasteiger partial charge in [0, 0.05) is 30.8 Å². The first-order chi connectivity index (χ1) is 16.9. The number of aliphatic hydroxyl groups is 1. The highest BCUT2D eigenvalue weighted by Crippen LogP contribution is 2.44. The maximum atomic E-state index is 13.0. The Balaban J connectivity index is 1.18. The van der Waals surface area contributed by atoms with Gasteiger partial charge in [0.25, 0.3) is 0 Å². The van der Waals surface area contributed by atoms with Crippen LogP contribution in [-0.2, 0) is 14.3 Å². The highest BCUT2D eigenvalue weighted by atomic mass is 16.5. The lowest BCUT2D eigenvalue weighted by molar-refractivity contribution is -0.150. The number of hydrogen-bond acceptors (Lipinski definition) is 5. The average molecular weight is 479 g/mol. The Morgan fingerprint density at radius 1 is 0.971 bits per heavy atom. The van der Waals surface area contributed by atoms with Crippen LogP contribution in [0.4, 0.5) is 4.79 Å². The molecule has 0 spiro atoms. The standard InChI is InChI=1S/C27H30N2O6/c30-18-13-24(26(32)33)29(14-18)25(31)16-6-5-7-17(12-16)28-27(34)35-15-23-21-10-3-1-8-19(21)20-9-2-4-11-22(20)23/h1-4,8-11,16-18,23-24,30H,5-7,12-15H2,(H,28,34)(H,32,33)/t16-,17-,18-,24+/m1/s1. The third kappa shape index (κ3) is 4.62. The van der Waals surface area contributed by atoms with Crippen molar-refractivity contribution in [1.29, 1.82) is 0 Å². The number of carboxylic acid groups (broad SMARTS) is 1. The van der Waals surface area contributed by atoms with E-state index in [2.05, 4.69) is 29.6 Å². The molecule has 3 aliphatic rings. The summed E-state index contributed by atoms with van der Waals surface area (Å²) >= 11 is 0. The lowest BCUT2D eigenvalue weighted by Gasteiger charge is -2.32. The van der Waals surface area contributed by atoms with Crippen molar-refractivity contribution in [3.63, 3.8) is 0 Å². The predicted octanol–water partition coefficient (Wildman–Crippen LogP) is 3.13. The smallest absolute Gasteiger partial charge is 0.407 e. The van der Waals surface area contributed by atoms with Crippen LogP contribution in [0, 0.1) is 5.92 Å². The van der Waals surface area contributed by atoms with Gasteiger partial charge < -0.3 is 25.2 Å². The van der Waals surface area contributed by atoms with Crippen LogP contribution in [0.5, 0.6) is 0 Å². The Labute approximate surface area is 203 Å². The Hall–Kier alpha value is -3.39. The van der Waals surface area contributed by atoms with E-state index in [1.165, 1.54) is 4.90 Å². The first kappa shape index (κ1) is 23.4. The fourth-order valence-electron chi connectivity index (χ4n) is 5.88. The number of carbonyl (C=O) groups is 3. The normalized spacial score (nSPS) is 25.6. The predicted molar refractivity (Wildman–Crippen MR) is 128 cm³/mol. The van der Waals surface area contributed by atoms with E-state index in [1.54, 1.807) is 0 Å². The molecule has 1 saturated heterocycles. The van der Waals surface area contributed by atoms with Crippen LogP contribution in [0.15, 0.2) is 48.5 Å². The maximum Gasteiger partial charge on any atom is 0.407 e. The summed E-state index contributed by atoms with van der Waals surface area (Å²) in [6.45, 7) is 0.262. The Kier molecular flexibility index (Phi) is 6.47. The second-order valence-electron chi connectivity index (χ2n) is 9.76. The number of likely N-dealkylation sites (tertiary alicyclic amines) is 1. The minimum Gasteiger partial charge on any atom is -0.480 e. The van der Waals surface area contributed by atoms with Gasteiger partial charge in [-0.3, -0.25) is 4.79 Å². The number of nitrogens with zero attached hydrogens (tertiary/aromatic N) is 1. The van der Waals surface area contributed by atoms with E-state index in [4.69, 9.17) is 4.74 Å². The largest absolute Gasteiger partial charge is 0.480 e. The van der Waals surface area contributed by atoms with Gasteiger partial charge in [-0.1, -0.05) is 55.0 Å². The number of amides is 2. The summed E-state index contributed by atoms with van der Waals surface area (Å²) in [6.07, 6.45) is 1.28. The van der Waals surface area contributed by atoms with E-state index in [-0.39, 0.29) is 43.4 Å². The second kappa shape index (κ2) is 9.70. The maximum absolute atomic E-state index is 13.0. The zero-order chi connectivity index (χ0) is 24.5. The summed E-state index contributed by atoms with van der Waals surface area (Å²) in [6, 6.07) is 15.1. The van der Waals surface area contributed by atoms with Crippen LogP contribution in [0.3, 0.4) is 0 Å². The highest BCUT2D eigenvalue weighted by molar-refractivity contribution is 5.86. The van der Waals surface area contributed by atoms with Crippen molar-refractivity contribution in [2.75, 3.05) is 13.2 Å².